The lowest BCUT2D eigenvalue weighted by Crippen LogP contribution is -2.41. The maximum Gasteiger partial charge on any atom is 0.410 e. The van der Waals surface area contributed by atoms with Crippen LogP contribution in [0.15, 0.2) is 24.4 Å². The molecule has 5 heteroatoms. The van der Waals surface area contributed by atoms with Crippen molar-refractivity contribution >= 4 is 17.0 Å². The Bertz CT molecular complexity index is 707. The molecule has 1 amide bonds. The van der Waals surface area contributed by atoms with E-state index in [-0.39, 0.29) is 6.09 Å². The molecular formula is C18H25N3O2. The predicted molar refractivity (Wildman–Crippen MR) is 90.5 cm³/mol. The maximum atomic E-state index is 12.1. The van der Waals surface area contributed by atoms with E-state index in [4.69, 9.17) is 4.74 Å². The summed E-state index contributed by atoms with van der Waals surface area (Å²) in [7, 11) is 1.96. The largest absolute Gasteiger partial charge is 0.444 e. The topological polar surface area (TPSA) is 47.4 Å². The van der Waals surface area contributed by atoms with Gasteiger partial charge >= 0.3 is 6.09 Å². The molecule has 2 heterocycles. The van der Waals surface area contributed by atoms with Crippen molar-refractivity contribution in [2.45, 2.75) is 45.1 Å². The van der Waals surface area contributed by atoms with Crippen LogP contribution in [0.2, 0.25) is 0 Å². The molecule has 23 heavy (non-hydrogen) atoms. The smallest absolute Gasteiger partial charge is 0.410 e. The Labute approximate surface area is 137 Å². The number of hydrogen-bond acceptors (Lipinski definition) is 3. The number of carbonyl (C=O) groups is 1. The molecule has 1 aromatic carbocycles. The highest BCUT2D eigenvalue weighted by atomic mass is 16.6. The molecule has 0 spiro atoms. The van der Waals surface area contributed by atoms with Crippen LogP contribution in [0.3, 0.4) is 0 Å². The van der Waals surface area contributed by atoms with Crippen LogP contribution in [0.4, 0.5) is 4.79 Å². The van der Waals surface area contributed by atoms with Crippen LogP contribution in [0, 0.1) is 0 Å². The number of piperidine rings is 1. The Morgan fingerprint density at radius 1 is 1.26 bits per heavy atom. The van der Waals surface area contributed by atoms with Gasteiger partial charge in [-0.3, -0.25) is 4.68 Å². The summed E-state index contributed by atoms with van der Waals surface area (Å²) in [4.78, 5) is 14.0. The minimum atomic E-state index is -0.431. The third-order valence-corrected chi connectivity index (χ3v) is 4.39. The third-order valence-electron chi connectivity index (χ3n) is 4.39. The molecular weight excluding hydrogens is 290 g/mol. The van der Waals surface area contributed by atoms with Gasteiger partial charge in [0, 0.05) is 25.5 Å². The molecule has 3 rings (SSSR count). The van der Waals surface area contributed by atoms with E-state index >= 15 is 0 Å². The molecule has 1 aliphatic rings. The third kappa shape index (κ3) is 3.49. The van der Waals surface area contributed by atoms with Gasteiger partial charge in [0.25, 0.3) is 0 Å². The predicted octanol–water partition coefficient (Wildman–Crippen LogP) is 3.69. The van der Waals surface area contributed by atoms with E-state index in [9.17, 15) is 4.79 Å². The van der Waals surface area contributed by atoms with Gasteiger partial charge < -0.3 is 9.64 Å². The van der Waals surface area contributed by atoms with Crippen molar-refractivity contribution in [1.29, 1.82) is 0 Å². The van der Waals surface area contributed by atoms with Crippen LogP contribution in [0.25, 0.3) is 10.9 Å². The molecule has 0 aliphatic carbocycles. The summed E-state index contributed by atoms with van der Waals surface area (Å²) in [6, 6.07) is 6.56. The highest BCUT2D eigenvalue weighted by Crippen LogP contribution is 2.30. The fraction of sp³-hybridized carbons (Fsp3) is 0.556. The average Bonchev–Trinajstić information content (AvgIpc) is 2.87. The minimum Gasteiger partial charge on any atom is -0.444 e. The average molecular weight is 315 g/mol. The van der Waals surface area contributed by atoms with Gasteiger partial charge in [-0.2, -0.15) is 5.10 Å². The first-order valence-electron chi connectivity index (χ1n) is 8.23. The summed E-state index contributed by atoms with van der Waals surface area (Å²) in [6.07, 6.45) is 3.67. The number of rotatable bonds is 1. The summed E-state index contributed by atoms with van der Waals surface area (Å²) in [5.74, 6) is 0.498. The maximum absolute atomic E-state index is 12.1. The Kier molecular flexibility index (Phi) is 4.04. The Morgan fingerprint density at radius 3 is 2.61 bits per heavy atom. The molecule has 124 valence electrons. The number of ether oxygens (including phenoxy) is 1. The van der Waals surface area contributed by atoms with E-state index < -0.39 is 5.60 Å². The van der Waals surface area contributed by atoms with E-state index in [0.29, 0.717) is 5.92 Å². The number of likely N-dealkylation sites (tertiary alicyclic amines) is 1. The van der Waals surface area contributed by atoms with Gasteiger partial charge in [-0.25, -0.2) is 4.79 Å². The molecule has 0 atom stereocenters. The molecule has 0 saturated carbocycles. The molecule has 1 fully saturated rings. The zero-order chi connectivity index (χ0) is 16.6. The van der Waals surface area contributed by atoms with E-state index in [1.807, 2.05) is 43.6 Å². The molecule has 0 unspecified atom stereocenters. The lowest BCUT2D eigenvalue weighted by atomic mass is 9.89. The first kappa shape index (κ1) is 15.8. The normalized spacial score (nSPS) is 16.8. The standard InChI is InChI=1S/C18H25N3O2/c1-18(2,3)23-17(22)21-9-7-13(8-10-21)14-5-6-16-15(11-14)12-19-20(16)4/h5-6,11-13H,7-10H2,1-4H3. The van der Waals surface area contributed by atoms with Crippen molar-refractivity contribution in [3.8, 4) is 0 Å². The minimum absolute atomic E-state index is 0.196. The van der Waals surface area contributed by atoms with Crippen LogP contribution < -0.4 is 0 Å². The second kappa shape index (κ2) is 5.87. The molecule has 5 nitrogen and oxygen atoms in total. The Balaban J connectivity index is 1.65. The van der Waals surface area contributed by atoms with Crippen molar-refractivity contribution in [1.82, 2.24) is 14.7 Å². The van der Waals surface area contributed by atoms with Crippen molar-refractivity contribution in [3.63, 3.8) is 0 Å². The SMILES string of the molecule is Cn1ncc2cc(C3CCN(C(=O)OC(C)(C)C)CC3)ccc21. The number of benzene rings is 1. The number of aromatic nitrogens is 2. The van der Waals surface area contributed by atoms with Gasteiger partial charge in [-0.15, -0.1) is 0 Å². The van der Waals surface area contributed by atoms with Crippen LogP contribution in [0.5, 0.6) is 0 Å². The summed E-state index contributed by atoms with van der Waals surface area (Å²) in [5, 5.41) is 5.48. The lowest BCUT2D eigenvalue weighted by molar-refractivity contribution is 0.0205. The summed E-state index contributed by atoms with van der Waals surface area (Å²) >= 11 is 0. The van der Waals surface area contributed by atoms with E-state index in [0.717, 1.165) is 31.4 Å². The Morgan fingerprint density at radius 2 is 1.96 bits per heavy atom. The van der Waals surface area contributed by atoms with Crippen LogP contribution in [-0.2, 0) is 11.8 Å². The molecule has 0 N–H and O–H groups in total. The monoisotopic (exact) mass is 315 g/mol. The van der Waals surface area contributed by atoms with Gasteiger partial charge in [0.15, 0.2) is 0 Å². The van der Waals surface area contributed by atoms with Gasteiger partial charge in [0.2, 0.25) is 0 Å². The van der Waals surface area contributed by atoms with Crippen molar-refractivity contribution in [3.05, 3.63) is 30.0 Å². The fourth-order valence-corrected chi connectivity index (χ4v) is 3.16. The molecule has 1 saturated heterocycles. The molecule has 1 aromatic heterocycles. The summed E-state index contributed by atoms with van der Waals surface area (Å²) in [6.45, 7) is 7.22. The zero-order valence-corrected chi connectivity index (χ0v) is 14.4. The van der Waals surface area contributed by atoms with Crippen molar-refractivity contribution in [2.24, 2.45) is 7.05 Å². The number of amides is 1. The van der Waals surface area contributed by atoms with Crippen LogP contribution >= 0.6 is 0 Å². The number of aryl methyl sites for hydroxylation is 1. The van der Waals surface area contributed by atoms with Gasteiger partial charge in [0.1, 0.15) is 5.60 Å². The van der Waals surface area contributed by atoms with Crippen molar-refractivity contribution < 1.29 is 9.53 Å². The first-order valence-corrected chi connectivity index (χ1v) is 8.23. The molecule has 0 bridgehead atoms. The molecule has 2 aromatic rings. The lowest BCUT2D eigenvalue weighted by Gasteiger charge is -2.33. The summed E-state index contributed by atoms with van der Waals surface area (Å²) in [5.41, 5.74) is 2.06. The fourth-order valence-electron chi connectivity index (χ4n) is 3.16. The van der Waals surface area contributed by atoms with E-state index in [1.54, 1.807) is 0 Å². The Hall–Kier alpha value is -2.04. The van der Waals surface area contributed by atoms with Crippen LogP contribution in [0.1, 0.15) is 45.1 Å². The van der Waals surface area contributed by atoms with Gasteiger partial charge in [-0.05, 0) is 57.2 Å². The van der Waals surface area contributed by atoms with Gasteiger partial charge in [0.05, 0.1) is 11.7 Å². The van der Waals surface area contributed by atoms with E-state index in [2.05, 4.69) is 23.3 Å². The number of fused-ring (bicyclic) bond motifs is 1. The number of hydrogen-bond donors (Lipinski definition) is 0. The second-order valence-corrected chi connectivity index (χ2v) is 7.33. The number of nitrogens with zero attached hydrogens (tertiary/aromatic N) is 3. The highest BCUT2D eigenvalue weighted by Gasteiger charge is 2.27. The summed E-state index contributed by atoms with van der Waals surface area (Å²) < 4.78 is 7.35. The zero-order valence-electron chi connectivity index (χ0n) is 14.4. The van der Waals surface area contributed by atoms with Gasteiger partial charge in [-0.1, -0.05) is 6.07 Å². The van der Waals surface area contributed by atoms with Crippen LogP contribution in [-0.4, -0.2) is 39.5 Å². The number of carbonyl (C=O) groups excluding carboxylic acids is 1. The van der Waals surface area contributed by atoms with Crippen molar-refractivity contribution in [2.75, 3.05) is 13.1 Å². The van der Waals surface area contributed by atoms with E-state index in [1.165, 1.54) is 10.9 Å². The molecule has 0 radical (unpaired) electrons. The second-order valence-electron chi connectivity index (χ2n) is 7.33. The molecule has 1 aliphatic heterocycles. The highest BCUT2D eigenvalue weighted by molar-refractivity contribution is 5.79. The quantitative estimate of drug-likeness (QED) is 0.806. The first-order chi connectivity index (χ1) is 10.8.